The molecule has 11 nitrogen and oxygen atoms in total. The van der Waals surface area contributed by atoms with E-state index in [1.54, 1.807) is 48.5 Å². The van der Waals surface area contributed by atoms with Gasteiger partial charge < -0.3 is 0 Å². The fourth-order valence-electron chi connectivity index (χ4n) is 5.90. The molecule has 268 valence electrons. The van der Waals surface area contributed by atoms with Gasteiger partial charge in [0.1, 0.15) is 0 Å². The van der Waals surface area contributed by atoms with Gasteiger partial charge in [-0.1, -0.05) is 147 Å². The van der Waals surface area contributed by atoms with Gasteiger partial charge in [0.25, 0.3) is 0 Å². The average Bonchev–Trinajstić information content (AvgIpc) is 3.16. The molecule has 2 N–H and O–H groups in total. The fourth-order valence-corrected chi connectivity index (χ4v) is 5.90. The smallest absolute Gasteiger partial charge is 0.273 e. The van der Waals surface area contributed by atoms with Gasteiger partial charge in [-0.25, -0.2) is 29.0 Å². The van der Waals surface area contributed by atoms with Crippen molar-refractivity contribution in [2.75, 3.05) is 5.43 Å². The van der Waals surface area contributed by atoms with Crippen molar-refractivity contribution in [2.24, 2.45) is 17.8 Å². The van der Waals surface area contributed by atoms with Crippen molar-refractivity contribution < 1.29 is 14.4 Å². The lowest BCUT2D eigenvalue weighted by Gasteiger charge is -2.26. The van der Waals surface area contributed by atoms with Crippen LogP contribution in [-0.4, -0.2) is 25.6 Å². The largest absolute Gasteiger partial charge is 0.356 e. The molecular weight excluding hydrogens is 658 g/mol. The van der Waals surface area contributed by atoms with E-state index in [9.17, 15) is 24.0 Å². The molecule has 2 atom stereocenters. The van der Waals surface area contributed by atoms with Crippen molar-refractivity contribution in [3.63, 3.8) is 0 Å². The van der Waals surface area contributed by atoms with Crippen LogP contribution >= 0.6 is 0 Å². The summed E-state index contributed by atoms with van der Waals surface area (Å²) in [6.07, 6.45) is 4.08. The standard InChI is InChI=1S/C41H43N5O6/c1-30(2)26-36(35(25-15-24-31-16-7-3-8-17-31)38(48)43-52-29-34-22-13-6-14-23-34)37(47)42-46-40(50)44(27-32-18-9-4-10-19-32)39(49)45(41(46)51)28-33-20-11-5-12-21-33/h3-24,30,35-36H,25-29H2,1-2H3,(H,42,47)(H,43,48)/t35-,36+/m0/s1. The minimum absolute atomic E-state index is 0.0483. The number of carbonyl (C=O) groups excluding carboxylic acids is 2. The molecule has 1 heterocycles. The summed E-state index contributed by atoms with van der Waals surface area (Å²) in [6.45, 7) is 3.68. The molecule has 0 spiro atoms. The Morgan fingerprint density at radius 3 is 1.62 bits per heavy atom. The zero-order valence-corrected chi connectivity index (χ0v) is 29.3. The second-order valence-corrected chi connectivity index (χ2v) is 12.9. The molecule has 11 heteroatoms. The highest BCUT2D eigenvalue weighted by molar-refractivity contribution is 5.91. The third kappa shape index (κ3) is 10.0. The molecule has 1 aromatic heterocycles. The number of nitrogens with zero attached hydrogens (tertiary/aromatic N) is 3. The van der Waals surface area contributed by atoms with E-state index in [-0.39, 0.29) is 38.5 Å². The van der Waals surface area contributed by atoms with Crippen molar-refractivity contribution in [1.82, 2.24) is 19.3 Å². The summed E-state index contributed by atoms with van der Waals surface area (Å²) in [5, 5.41) is 0. The highest BCUT2D eigenvalue weighted by Gasteiger charge is 2.35. The number of rotatable bonds is 16. The van der Waals surface area contributed by atoms with Crippen LogP contribution < -0.4 is 28.0 Å². The monoisotopic (exact) mass is 701 g/mol. The predicted octanol–water partition coefficient (Wildman–Crippen LogP) is 4.97. The predicted molar refractivity (Wildman–Crippen MR) is 201 cm³/mol. The zero-order valence-electron chi connectivity index (χ0n) is 29.3. The van der Waals surface area contributed by atoms with Gasteiger partial charge in [-0.15, -0.1) is 4.68 Å². The summed E-state index contributed by atoms with van der Waals surface area (Å²) in [7, 11) is 0. The van der Waals surface area contributed by atoms with Gasteiger partial charge in [0.15, 0.2) is 0 Å². The van der Waals surface area contributed by atoms with Gasteiger partial charge in [-0.05, 0) is 41.0 Å². The summed E-state index contributed by atoms with van der Waals surface area (Å²) >= 11 is 0. The van der Waals surface area contributed by atoms with Crippen molar-refractivity contribution >= 4 is 17.9 Å². The maximum absolute atomic E-state index is 14.3. The van der Waals surface area contributed by atoms with Gasteiger partial charge in [-0.2, -0.15) is 0 Å². The van der Waals surface area contributed by atoms with E-state index in [2.05, 4.69) is 10.9 Å². The summed E-state index contributed by atoms with van der Waals surface area (Å²) < 4.78 is 2.41. The number of nitrogens with one attached hydrogen (secondary N) is 2. The Kier molecular flexibility index (Phi) is 13.1. The van der Waals surface area contributed by atoms with Crippen molar-refractivity contribution in [3.8, 4) is 0 Å². The number of hydrogen-bond donors (Lipinski definition) is 2. The van der Waals surface area contributed by atoms with Crippen LogP contribution in [0.2, 0.25) is 0 Å². The highest BCUT2D eigenvalue weighted by atomic mass is 16.6. The average molecular weight is 702 g/mol. The van der Waals surface area contributed by atoms with Crippen molar-refractivity contribution in [1.29, 1.82) is 0 Å². The summed E-state index contributed by atoms with van der Waals surface area (Å²) in [6, 6.07) is 36.6. The second-order valence-electron chi connectivity index (χ2n) is 12.9. The molecule has 5 rings (SSSR count). The SMILES string of the molecule is CC(C)C[C@@H](C(=O)Nn1c(=O)n(Cc2ccccc2)c(=O)n(Cc2ccccc2)c1=O)[C@H](CC=Cc1ccccc1)C(=O)NOCc1ccccc1. The Labute approximate surface area is 301 Å². The molecule has 5 aromatic rings. The number of allylic oxidation sites excluding steroid dienone is 1. The lowest BCUT2D eigenvalue weighted by Crippen LogP contribution is -2.58. The molecule has 4 aromatic carbocycles. The molecule has 52 heavy (non-hydrogen) atoms. The topological polar surface area (TPSA) is 133 Å². The van der Waals surface area contributed by atoms with E-state index in [4.69, 9.17) is 4.84 Å². The maximum atomic E-state index is 14.3. The molecule has 2 amide bonds. The minimum atomic E-state index is -1.00. The molecule has 0 saturated carbocycles. The second kappa shape index (κ2) is 18.2. The number of hydrogen-bond acceptors (Lipinski definition) is 6. The lowest BCUT2D eigenvalue weighted by molar-refractivity contribution is -0.143. The Morgan fingerprint density at radius 2 is 1.12 bits per heavy atom. The van der Waals surface area contributed by atoms with Crippen molar-refractivity contribution in [3.05, 3.63) is 181 Å². The van der Waals surface area contributed by atoms with E-state index in [1.807, 2.05) is 98.8 Å². The van der Waals surface area contributed by atoms with E-state index in [0.29, 0.717) is 15.8 Å². The van der Waals surface area contributed by atoms with Gasteiger partial charge in [0, 0.05) is 0 Å². The number of hydroxylamine groups is 1. The normalized spacial score (nSPS) is 12.4. The molecule has 0 fully saturated rings. The lowest BCUT2D eigenvalue weighted by atomic mass is 9.82. The first kappa shape index (κ1) is 37.2. The molecule has 0 aliphatic carbocycles. The molecule has 0 bridgehead atoms. The van der Waals surface area contributed by atoms with E-state index in [0.717, 1.165) is 20.3 Å². The first-order valence-electron chi connectivity index (χ1n) is 17.2. The molecule has 0 aliphatic rings. The van der Waals surface area contributed by atoms with Gasteiger partial charge in [-0.3, -0.25) is 19.9 Å². The van der Waals surface area contributed by atoms with Crippen molar-refractivity contribution in [2.45, 2.75) is 46.4 Å². The quantitative estimate of drug-likeness (QED) is 0.140. The van der Waals surface area contributed by atoms with E-state index < -0.39 is 40.7 Å². The van der Waals surface area contributed by atoms with Crippen LogP contribution in [0, 0.1) is 17.8 Å². The summed E-state index contributed by atoms with van der Waals surface area (Å²) in [4.78, 5) is 75.2. The van der Waals surface area contributed by atoms with Crippen LogP contribution in [0.5, 0.6) is 0 Å². The summed E-state index contributed by atoms with van der Waals surface area (Å²) in [5.74, 6) is -3.25. The Morgan fingerprint density at radius 1 is 0.635 bits per heavy atom. The van der Waals surface area contributed by atoms with Gasteiger partial charge in [0.05, 0.1) is 31.5 Å². The third-order valence-corrected chi connectivity index (χ3v) is 8.53. The summed E-state index contributed by atoms with van der Waals surface area (Å²) in [5.41, 5.74) is 5.28. The van der Waals surface area contributed by atoms with Crippen LogP contribution in [0.3, 0.4) is 0 Å². The maximum Gasteiger partial charge on any atom is 0.356 e. The van der Waals surface area contributed by atoms with Crippen LogP contribution in [0.1, 0.15) is 48.9 Å². The Balaban J connectivity index is 1.50. The van der Waals surface area contributed by atoms with Crippen LogP contribution in [-0.2, 0) is 34.1 Å². The first-order valence-corrected chi connectivity index (χ1v) is 17.2. The molecule has 0 aliphatic heterocycles. The number of carbonyl (C=O) groups is 2. The van der Waals surface area contributed by atoms with Crippen LogP contribution in [0.25, 0.3) is 6.08 Å². The minimum Gasteiger partial charge on any atom is -0.273 e. The molecule has 0 unspecified atom stereocenters. The fraction of sp³-hybridized carbons (Fsp3) is 0.244. The Bertz CT molecular complexity index is 2050. The number of aromatic nitrogens is 3. The van der Waals surface area contributed by atoms with Gasteiger partial charge >= 0.3 is 17.1 Å². The molecular formula is C41H43N5O6. The molecule has 0 radical (unpaired) electrons. The van der Waals surface area contributed by atoms with Gasteiger partial charge in [0.2, 0.25) is 11.8 Å². The highest BCUT2D eigenvalue weighted by Crippen LogP contribution is 2.26. The van der Waals surface area contributed by atoms with E-state index >= 15 is 0 Å². The molecule has 0 saturated heterocycles. The zero-order chi connectivity index (χ0) is 36.9. The first-order chi connectivity index (χ1) is 25.2. The van der Waals surface area contributed by atoms with E-state index in [1.165, 1.54) is 0 Å². The number of amides is 2. The van der Waals surface area contributed by atoms with Crippen LogP contribution in [0.15, 0.2) is 142 Å². The number of benzene rings is 4. The Hall–Kier alpha value is -6.07. The third-order valence-electron chi connectivity index (χ3n) is 8.53. The van der Waals surface area contributed by atoms with Crippen LogP contribution in [0.4, 0.5) is 0 Å².